The van der Waals surface area contributed by atoms with Gasteiger partial charge in [-0.05, 0) is 20.8 Å². The molecule has 23 heteroatoms. The summed E-state index contributed by atoms with van der Waals surface area (Å²) in [6.07, 6.45) is -47.9. The average molecular weight is 781 g/mol. The van der Waals surface area contributed by atoms with Crippen molar-refractivity contribution < 1.29 is 115 Å². The lowest BCUT2D eigenvalue weighted by atomic mass is 9.58. The lowest BCUT2D eigenvalue weighted by molar-refractivity contribution is -0.500. The summed E-state index contributed by atoms with van der Waals surface area (Å²) >= 11 is 0. The predicted molar refractivity (Wildman–Crippen MR) is 163 cm³/mol. The molecular weight excluding hydrogens is 728 g/mol. The van der Waals surface area contributed by atoms with Crippen molar-refractivity contribution in [3.8, 4) is 0 Å². The molecule has 0 aromatic carbocycles. The van der Waals surface area contributed by atoms with Gasteiger partial charge in [0.05, 0.1) is 31.5 Å². The van der Waals surface area contributed by atoms with Crippen LogP contribution in [0.3, 0.4) is 0 Å². The van der Waals surface area contributed by atoms with E-state index in [1.165, 1.54) is 0 Å². The normalized spacial score (nSPS) is 59.8. The van der Waals surface area contributed by atoms with Crippen molar-refractivity contribution in [2.24, 2.45) is 0 Å². The molecule has 0 amide bonds. The van der Waals surface area contributed by atoms with E-state index in [0.717, 1.165) is 20.8 Å². The summed E-state index contributed by atoms with van der Waals surface area (Å²) in [4.78, 5) is 0. The summed E-state index contributed by atoms with van der Waals surface area (Å²) in [6.45, 7) is 0.985. The lowest BCUT2D eigenvalue weighted by Crippen LogP contribution is -2.93. The SMILES string of the molecule is C[C@@H]1OC(C2(O)O[C@H](CO)[C@@H](O[C@@H]3O[C@H](CO)[C@H](O)[C@H](O)[C@H]3O)[C@@](O)(C3O[C@@H](C)[C@@H](O)[C@@H](O)[C@@H]3O)[C@]2(O)C2O[C@@H](C)[C@@H](O)[C@@H](O)[C@@H]2O)[C@@H](O)[C@H](O)[C@@H]1O. The van der Waals surface area contributed by atoms with Gasteiger partial charge in [0, 0.05) is 0 Å². The Morgan fingerprint density at radius 3 is 1.32 bits per heavy atom. The van der Waals surface area contributed by atoms with Crippen LogP contribution in [-0.4, -0.2) is 251 Å². The molecule has 5 heterocycles. The van der Waals surface area contributed by atoms with Crippen LogP contribution in [0.15, 0.2) is 0 Å². The minimum Gasteiger partial charge on any atom is -0.394 e. The Hall–Kier alpha value is -0.920. The molecule has 0 saturated carbocycles. The maximum Gasteiger partial charge on any atom is 0.231 e. The van der Waals surface area contributed by atoms with E-state index in [-0.39, 0.29) is 0 Å². The van der Waals surface area contributed by atoms with Gasteiger partial charge in [-0.2, -0.15) is 0 Å². The molecule has 4 unspecified atom stereocenters. The zero-order valence-corrected chi connectivity index (χ0v) is 28.7. The lowest BCUT2D eigenvalue weighted by Gasteiger charge is -2.67. The summed E-state index contributed by atoms with van der Waals surface area (Å²) in [7, 11) is 0. The van der Waals surface area contributed by atoms with Crippen molar-refractivity contribution in [1.82, 2.24) is 0 Å². The van der Waals surface area contributed by atoms with E-state index in [1.807, 2.05) is 0 Å². The molecular formula is C30H52O23. The second-order valence-corrected chi connectivity index (χ2v) is 14.6. The maximum atomic E-state index is 13.3. The molecule has 23 nitrogen and oxygen atoms in total. The van der Waals surface area contributed by atoms with E-state index < -0.39 is 165 Å². The predicted octanol–water partition coefficient (Wildman–Crippen LogP) is -10.7. The van der Waals surface area contributed by atoms with Gasteiger partial charge >= 0.3 is 0 Å². The summed E-state index contributed by atoms with van der Waals surface area (Å²) in [6, 6.07) is 0. The number of hydrogen-bond acceptors (Lipinski definition) is 23. The maximum absolute atomic E-state index is 13.3. The van der Waals surface area contributed by atoms with Crippen LogP contribution >= 0.6 is 0 Å². The van der Waals surface area contributed by atoms with E-state index in [2.05, 4.69) is 0 Å². The second kappa shape index (κ2) is 15.4. The van der Waals surface area contributed by atoms with Crippen molar-refractivity contribution in [2.45, 2.75) is 172 Å². The van der Waals surface area contributed by atoms with Crippen LogP contribution in [0.25, 0.3) is 0 Å². The summed E-state index contributed by atoms with van der Waals surface area (Å²) in [5.41, 5.74) is -7.90. The Morgan fingerprint density at radius 1 is 0.453 bits per heavy atom. The first-order chi connectivity index (χ1) is 24.6. The molecule has 0 aromatic heterocycles. The summed E-state index contributed by atoms with van der Waals surface area (Å²) in [5, 5.41) is 190. The van der Waals surface area contributed by atoms with Crippen LogP contribution in [0.4, 0.5) is 0 Å². The smallest absolute Gasteiger partial charge is 0.231 e. The van der Waals surface area contributed by atoms with Gasteiger partial charge < -0.3 is 115 Å². The second-order valence-electron chi connectivity index (χ2n) is 14.6. The molecule has 17 N–H and O–H groups in total. The number of aliphatic hydroxyl groups excluding tert-OH is 14. The quantitative estimate of drug-likeness (QED) is 0.114. The number of rotatable bonds is 7. The highest BCUT2D eigenvalue weighted by Gasteiger charge is 2.83. The van der Waals surface area contributed by atoms with Crippen molar-refractivity contribution in [2.75, 3.05) is 13.2 Å². The molecule has 0 radical (unpaired) electrons. The van der Waals surface area contributed by atoms with Gasteiger partial charge in [-0.15, -0.1) is 0 Å². The van der Waals surface area contributed by atoms with Crippen LogP contribution < -0.4 is 0 Å². The first-order valence-electron chi connectivity index (χ1n) is 17.1. The Balaban J connectivity index is 1.81. The molecule has 5 aliphatic rings. The van der Waals surface area contributed by atoms with Gasteiger partial charge in [0.25, 0.3) is 0 Å². The molecule has 5 rings (SSSR count). The van der Waals surface area contributed by atoms with E-state index in [4.69, 9.17) is 28.4 Å². The van der Waals surface area contributed by atoms with Crippen molar-refractivity contribution in [1.29, 1.82) is 0 Å². The molecule has 5 fully saturated rings. The number of ether oxygens (including phenoxy) is 6. The van der Waals surface area contributed by atoms with E-state index in [9.17, 15) is 86.8 Å². The van der Waals surface area contributed by atoms with Crippen molar-refractivity contribution >= 4 is 0 Å². The molecule has 5 aliphatic heterocycles. The first kappa shape index (κ1) is 43.2. The van der Waals surface area contributed by atoms with Crippen LogP contribution in [-0.2, 0) is 28.4 Å². The fourth-order valence-corrected chi connectivity index (χ4v) is 8.10. The minimum absolute atomic E-state index is 1.00. The van der Waals surface area contributed by atoms with Gasteiger partial charge in [-0.3, -0.25) is 0 Å². The number of aliphatic hydroxyl groups is 17. The molecule has 0 spiro atoms. The molecule has 310 valence electrons. The fourth-order valence-electron chi connectivity index (χ4n) is 8.10. The van der Waals surface area contributed by atoms with Crippen LogP contribution in [0, 0.1) is 0 Å². The van der Waals surface area contributed by atoms with Gasteiger partial charge in [-0.25, -0.2) is 0 Å². The average Bonchev–Trinajstić information content (AvgIpc) is 3.13. The van der Waals surface area contributed by atoms with Crippen LogP contribution in [0.1, 0.15) is 20.8 Å². The zero-order chi connectivity index (χ0) is 39.9. The standard InChI is InChI=1S/C30H52O23/c1-6-11(33)15(37)19(41)24(48-6)28(45)23(52-27-22(44)18(40)14(36)9(4-31)51-27)10(5-32)53-30(47,26-21(43)17(39)13(35)8(3)50-26)29(28,46)25-20(42)16(38)12(34)7(2)49-25/h6-27,31-47H,4-5H2,1-3H3/t6-,7-,8-,9+,10+,11+,12+,13+,14-,15+,16+,17+,18-,19-,20-,21-,22+,23+,24?,25?,26?,27-,28+,29+,30?/m0/s1. The van der Waals surface area contributed by atoms with Crippen molar-refractivity contribution in [3.05, 3.63) is 0 Å². The highest BCUT2D eigenvalue weighted by Crippen LogP contribution is 2.56. The summed E-state index contributed by atoms with van der Waals surface area (Å²) in [5.74, 6) is -3.89. The monoisotopic (exact) mass is 780 g/mol. The van der Waals surface area contributed by atoms with Gasteiger partial charge in [0.2, 0.25) is 5.79 Å². The molecule has 25 atom stereocenters. The van der Waals surface area contributed by atoms with E-state index in [1.54, 1.807) is 0 Å². The zero-order valence-electron chi connectivity index (χ0n) is 28.7. The number of hydrogen-bond donors (Lipinski definition) is 17. The summed E-state index contributed by atoms with van der Waals surface area (Å²) < 4.78 is 34.1. The highest BCUT2D eigenvalue weighted by atomic mass is 16.7. The fraction of sp³-hybridized carbons (Fsp3) is 1.00. The Labute approximate surface area is 300 Å². The molecule has 53 heavy (non-hydrogen) atoms. The largest absolute Gasteiger partial charge is 0.394 e. The third-order valence-corrected chi connectivity index (χ3v) is 11.4. The Morgan fingerprint density at radius 2 is 0.849 bits per heavy atom. The minimum atomic E-state index is -4.06. The highest BCUT2D eigenvalue weighted by molar-refractivity contribution is 5.29. The van der Waals surface area contributed by atoms with Crippen LogP contribution in [0.2, 0.25) is 0 Å². The van der Waals surface area contributed by atoms with Crippen LogP contribution in [0.5, 0.6) is 0 Å². The molecule has 0 bridgehead atoms. The van der Waals surface area contributed by atoms with Crippen molar-refractivity contribution in [3.63, 3.8) is 0 Å². The molecule has 0 aliphatic carbocycles. The van der Waals surface area contributed by atoms with E-state index in [0.29, 0.717) is 0 Å². The van der Waals surface area contributed by atoms with Gasteiger partial charge in [0.1, 0.15) is 110 Å². The van der Waals surface area contributed by atoms with Gasteiger partial charge in [0.15, 0.2) is 17.5 Å². The molecule has 5 saturated heterocycles. The first-order valence-corrected chi connectivity index (χ1v) is 17.1. The topological polar surface area (TPSA) is 399 Å². The van der Waals surface area contributed by atoms with E-state index >= 15 is 0 Å². The Kier molecular flexibility index (Phi) is 12.6. The molecule has 0 aromatic rings. The van der Waals surface area contributed by atoms with Gasteiger partial charge in [-0.1, -0.05) is 0 Å². The Bertz CT molecular complexity index is 1250. The third-order valence-electron chi connectivity index (χ3n) is 11.4. The third kappa shape index (κ3) is 6.45.